The van der Waals surface area contributed by atoms with Crippen molar-refractivity contribution in [2.24, 2.45) is 5.41 Å². The summed E-state index contributed by atoms with van der Waals surface area (Å²) in [7, 11) is 0. The van der Waals surface area contributed by atoms with Crippen LogP contribution < -0.4 is 10.6 Å². The molecule has 0 saturated heterocycles. The number of hydrogen-bond acceptors (Lipinski definition) is 4. The lowest BCUT2D eigenvalue weighted by Gasteiger charge is -2.28. The number of benzene rings is 2. The van der Waals surface area contributed by atoms with E-state index in [0.29, 0.717) is 12.8 Å². The lowest BCUT2D eigenvalue weighted by Crippen LogP contribution is -2.53. The molecule has 7 nitrogen and oxygen atoms in total. The van der Waals surface area contributed by atoms with E-state index in [9.17, 15) is 19.5 Å². The quantitative estimate of drug-likeness (QED) is 0.641. The molecule has 0 aliphatic heterocycles. The number of hydrogen-bond donors (Lipinski definition) is 3. The Morgan fingerprint density at radius 1 is 1.09 bits per heavy atom. The maximum atomic E-state index is 12.6. The molecule has 2 aromatic carbocycles. The molecule has 0 spiro atoms. The van der Waals surface area contributed by atoms with Crippen molar-refractivity contribution >= 4 is 18.0 Å². The van der Waals surface area contributed by atoms with Gasteiger partial charge >= 0.3 is 12.1 Å². The summed E-state index contributed by atoms with van der Waals surface area (Å²) in [6, 6.07) is 14.8. The van der Waals surface area contributed by atoms with Crippen molar-refractivity contribution in [2.45, 2.75) is 51.1 Å². The van der Waals surface area contributed by atoms with E-state index in [1.165, 1.54) is 0 Å². The first-order valence-electron chi connectivity index (χ1n) is 11.0. The molecule has 4 rings (SSSR count). The first kappa shape index (κ1) is 21.9. The molecule has 0 bridgehead atoms. The molecular weight excluding hydrogens is 408 g/mol. The Morgan fingerprint density at radius 2 is 1.69 bits per heavy atom. The van der Waals surface area contributed by atoms with Crippen LogP contribution in [-0.2, 0) is 14.3 Å². The lowest BCUT2D eigenvalue weighted by molar-refractivity contribution is -0.149. The molecule has 3 N–H and O–H groups in total. The van der Waals surface area contributed by atoms with Gasteiger partial charge in [-0.3, -0.25) is 9.59 Å². The Bertz CT molecular complexity index is 1010. The molecule has 7 heteroatoms. The van der Waals surface area contributed by atoms with Crippen LogP contribution in [0.4, 0.5) is 4.79 Å². The number of rotatable bonds is 6. The first-order chi connectivity index (χ1) is 15.3. The van der Waals surface area contributed by atoms with E-state index in [0.717, 1.165) is 28.7 Å². The van der Waals surface area contributed by atoms with Crippen LogP contribution >= 0.6 is 0 Å². The molecule has 3 atom stereocenters. The van der Waals surface area contributed by atoms with E-state index in [1.807, 2.05) is 36.4 Å². The fraction of sp³-hybridized carbons (Fsp3) is 0.400. The predicted molar refractivity (Wildman–Crippen MR) is 119 cm³/mol. The molecule has 0 radical (unpaired) electrons. The number of amides is 2. The molecule has 32 heavy (non-hydrogen) atoms. The number of alkyl carbamates (subject to hydrolysis) is 1. The fourth-order valence-electron chi connectivity index (χ4n) is 4.83. The van der Waals surface area contributed by atoms with Gasteiger partial charge in [-0.15, -0.1) is 0 Å². The molecule has 1 fully saturated rings. The Labute approximate surface area is 187 Å². The third-order valence-electron chi connectivity index (χ3n) is 6.83. The molecule has 2 unspecified atom stereocenters. The van der Waals surface area contributed by atoms with Crippen LogP contribution in [0.3, 0.4) is 0 Å². The highest BCUT2D eigenvalue weighted by molar-refractivity contribution is 5.86. The Hall–Kier alpha value is -3.35. The van der Waals surface area contributed by atoms with Crippen molar-refractivity contribution in [2.75, 3.05) is 6.61 Å². The summed E-state index contributed by atoms with van der Waals surface area (Å²) >= 11 is 0. The number of carboxylic acid groups (broad SMARTS) is 1. The number of nitrogens with one attached hydrogen (secondary N) is 2. The van der Waals surface area contributed by atoms with Gasteiger partial charge < -0.3 is 20.5 Å². The minimum absolute atomic E-state index is 0.0629. The van der Waals surface area contributed by atoms with Gasteiger partial charge in [0.15, 0.2) is 0 Å². The maximum Gasteiger partial charge on any atom is 0.407 e. The van der Waals surface area contributed by atoms with Crippen LogP contribution in [0.1, 0.15) is 50.2 Å². The second-order valence-electron chi connectivity index (χ2n) is 8.87. The Kier molecular flexibility index (Phi) is 5.91. The Balaban J connectivity index is 1.34. The summed E-state index contributed by atoms with van der Waals surface area (Å²) in [6.07, 6.45) is 1.18. The van der Waals surface area contributed by atoms with Gasteiger partial charge in [0.1, 0.15) is 12.6 Å². The SMILES string of the molecule is C[C@H](NC(=O)OCC1c2ccccc2-c2ccccc21)C(=O)NC1CCCC1(C)C(=O)O. The molecule has 2 aromatic rings. The molecular formula is C25H28N2O5. The van der Waals surface area contributed by atoms with Gasteiger partial charge in [-0.05, 0) is 48.9 Å². The minimum Gasteiger partial charge on any atom is -0.481 e. The van der Waals surface area contributed by atoms with Gasteiger partial charge in [0.05, 0.1) is 5.41 Å². The number of carbonyl (C=O) groups excluding carboxylic acids is 2. The zero-order chi connectivity index (χ0) is 22.9. The number of carbonyl (C=O) groups is 3. The standard InChI is InChI=1S/C25H28N2O5/c1-15(22(28)27-21-12-7-13-25(21,2)23(29)30)26-24(31)32-14-20-18-10-5-3-8-16(18)17-9-4-6-11-19(17)20/h3-6,8-11,15,20-21H,7,12-14H2,1-2H3,(H,26,31)(H,27,28)(H,29,30)/t15-,21?,25?/m0/s1. The molecule has 2 aliphatic carbocycles. The lowest BCUT2D eigenvalue weighted by atomic mass is 9.85. The molecule has 0 aromatic heterocycles. The summed E-state index contributed by atoms with van der Waals surface area (Å²) in [5, 5.41) is 14.9. The second-order valence-corrected chi connectivity index (χ2v) is 8.87. The summed E-state index contributed by atoms with van der Waals surface area (Å²) in [5.41, 5.74) is 3.52. The van der Waals surface area contributed by atoms with Crippen LogP contribution in [0.2, 0.25) is 0 Å². The second kappa shape index (κ2) is 8.65. The topological polar surface area (TPSA) is 105 Å². The fourth-order valence-corrected chi connectivity index (χ4v) is 4.83. The molecule has 0 heterocycles. The third-order valence-corrected chi connectivity index (χ3v) is 6.83. The summed E-state index contributed by atoms with van der Waals surface area (Å²) in [5.74, 6) is -1.40. The maximum absolute atomic E-state index is 12.6. The average Bonchev–Trinajstić information content (AvgIpc) is 3.31. The highest BCUT2D eigenvalue weighted by atomic mass is 16.5. The van der Waals surface area contributed by atoms with E-state index in [4.69, 9.17) is 4.74 Å². The number of aliphatic carboxylic acids is 1. The van der Waals surface area contributed by atoms with Gasteiger partial charge in [-0.1, -0.05) is 55.0 Å². The molecule has 1 saturated carbocycles. The van der Waals surface area contributed by atoms with Crippen LogP contribution in [-0.4, -0.2) is 41.8 Å². The van der Waals surface area contributed by atoms with E-state index in [1.54, 1.807) is 13.8 Å². The zero-order valence-electron chi connectivity index (χ0n) is 18.3. The van der Waals surface area contributed by atoms with E-state index >= 15 is 0 Å². The zero-order valence-corrected chi connectivity index (χ0v) is 18.3. The van der Waals surface area contributed by atoms with Crippen molar-refractivity contribution in [1.82, 2.24) is 10.6 Å². The van der Waals surface area contributed by atoms with Gasteiger partial charge in [-0.2, -0.15) is 0 Å². The highest BCUT2D eigenvalue weighted by Gasteiger charge is 2.46. The molecule has 168 valence electrons. The van der Waals surface area contributed by atoms with Crippen molar-refractivity contribution in [1.29, 1.82) is 0 Å². The van der Waals surface area contributed by atoms with E-state index in [2.05, 4.69) is 22.8 Å². The smallest absolute Gasteiger partial charge is 0.407 e. The molecule has 2 aliphatic rings. The van der Waals surface area contributed by atoms with Gasteiger partial charge in [0.25, 0.3) is 0 Å². The third kappa shape index (κ3) is 3.95. The predicted octanol–water partition coefficient (Wildman–Crippen LogP) is 3.67. The van der Waals surface area contributed by atoms with Crippen LogP contribution in [0.15, 0.2) is 48.5 Å². The van der Waals surface area contributed by atoms with Crippen LogP contribution in [0, 0.1) is 5.41 Å². The summed E-state index contributed by atoms with van der Waals surface area (Å²) < 4.78 is 5.49. The van der Waals surface area contributed by atoms with Gasteiger partial charge in [0.2, 0.25) is 5.91 Å². The van der Waals surface area contributed by atoms with Gasteiger partial charge in [-0.25, -0.2) is 4.79 Å². The first-order valence-corrected chi connectivity index (χ1v) is 11.0. The van der Waals surface area contributed by atoms with Crippen molar-refractivity contribution in [3.63, 3.8) is 0 Å². The van der Waals surface area contributed by atoms with Crippen LogP contribution in [0.25, 0.3) is 11.1 Å². The number of ether oxygens (including phenoxy) is 1. The largest absolute Gasteiger partial charge is 0.481 e. The van der Waals surface area contributed by atoms with E-state index < -0.39 is 35.5 Å². The number of carboxylic acids is 1. The van der Waals surface area contributed by atoms with E-state index in [-0.39, 0.29) is 12.5 Å². The van der Waals surface area contributed by atoms with Crippen molar-refractivity contribution in [3.8, 4) is 11.1 Å². The summed E-state index contributed by atoms with van der Waals surface area (Å²) in [6.45, 7) is 3.37. The summed E-state index contributed by atoms with van der Waals surface area (Å²) in [4.78, 5) is 36.6. The number of fused-ring (bicyclic) bond motifs is 3. The average molecular weight is 437 g/mol. The van der Waals surface area contributed by atoms with Crippen molar-refractivity contribution in [3.05, 3.63) is 59.7 Å². The Morgan fingerprint density at radius 3 is 2.28 bits per heavy atom. The minimum atomic E-state index is -0.987. The molecule has 2 amide bonds. The van der Waals surface area contributed by atoms with Crippen LogP contribution in [0.5, 0.6) is 0 Å². The normalized spacial score (nSPS) is 22.5. The highest BCUT2D eigenvalue weighted by Crippen LogP contribution is 2.44. The van der Waals surface area contributed by atoms with Gasteiger partial charge in [0, 0.05) is 12.0 Å². The van der Waals surface area contributed by atoms with Crippen molar-refractivity contribution < 1.29 is 24.2 Å². The monoisotopic (exact) mass is 436 g/mol.